The quantitative estimate of drug-likeness (QED) is 0.792. The molecule has 0 radical (unpaired) electrons. The monoisotopic (exact) mass is 324 g/mol. The average Bonchev–Trinajstić information content (AvgIpc) is 3.05. The molecule has 4 heteroatoms. The Kier molecular flexibility index (Phi) is 5.28. The van der Waals surface area contributed by atoms with Gasteiger partial charge in [0.05, 0.1) is 6.10 Å². The van der Waals surface area contributed by atoms with E-state index < -0.39 is 6.10 Å². The highest BCUT2D eigenvalue weighted by molar-refractivity contribution is 5.88. The summed E-state index contributed by atoms with van der Waals surface area (Å²) >= 11 is 0. The molecule has 3 N–H and O–H groups in total. The Hall–Kier alpha value is -2.17. The van der Waals surface area contributed by atoms with Gasteiger partial charge in [0, 0.05) is 24.7 Å². The maximum Gasteiger partial charge on any atom is 0.221 e. The fourth-order valence-electron chi connectivity index (χ4n) is 3.35. The molecule has 2 aromatic rings. The second-order valence-electron chi connectivity index (χ2n) is 6.49. The lowest BCUT2D eigenvalue weighted by atomic mass is 10.0. The summed E-state index contributed by atoms with van der Waals surface area (Å²) in [6, 6.07) is 18.3. The first-order chi connectivity index (χ1) is 11.6. The highest BCUT2D eigenvalue weighted by Crippen LogP contribution is 2.26. The number of carbonyl (C=O) groups excluding carboxylic acids is 1. The first kappa shape index (κ1) is 16.7. The minimum atomic E-state index is -0.460. The Morgan fingerprint density at radius 3 is 2.54 bits per heavy atom. The van der Waals surface area contributed by atoms with E-state index >= 15 is 0 Å². The molecule has 0 aliphatic carbocycles. The first-order valence-corrected chi connectivity index (χ1v) is 8.47. The molecule has 0 aromatic heterocycles. The maximum atomic E-state index is 11.0. The third kappa shape index (κ3) is 4.22. The van der Waals surface area contributed by atoms with Crippen molar-refractivity contribution in [2.75, 3.05) is 5.32 Å². The Labute approximate surface area is 142 Å². The second-order valence-corrected chi connectivity index (χ2v) is 6.49. The van der Waals surface area contributed by atoms with Gasteiger partial charge >= 0.3 is 0 Å². The van der Waals surface area contributed by atoms with Crippen LogP contribution in [0.5, 0.6) is 0 Å². The highest BCUT2D eigenvalue weighted by Gasteiger charge is 2.29. The number of aliphatic hydroxyl groups excluding tert-OH is 1. The maximum absolute atomic E-state index is 11.0. The lowest BCUT2D eigenvalue weighted by molar-refractivity contribution is -0.114. The summed E-state index contributed by atoms with van der Waals surface area (Å²) in [5, 5.41) is 16.9. The zero-order valence-corrected chi connectivity index (χ0v) is 13.9. The van der Waals surface area contributed by atoms with Crippen LogP contribution in [0.4, 0.5) is 5.69 Å². The Morgan fingerprint density at radius 2 is 1.88 bits per heavy atom. The number of aliphatic hydroxyl groups is 1. The molecular weight excluding hydrogens is 300 g/mol. The van der Waals surface area contributed by atoms with Gasteiger partial charge in [0.25, 0.3) is 0 Å². The SMILES string of the molecule is CC(=O)Nc1ccc(CC2CCC(C(O)c3ccccc3)N2)cc1. The third-order valence-electron chi connectivity index (χ3n) is 4.55. The summed E-state index contributed by atoms with van der Waals surface area (Å²) in [7, 11) is 0. The minimum Gasteiger partial charge on any atom is -0.387 e. The fourth-order valence-corrected chi connectivity index (χ4v) is 3.35. The van der Waals surface area contributed by atoms with Crippen LogP contribution in [0, 0.1) is 0 Å². The standard InChI is InChI=1S/C20H24N2O2/c1-14(23)21-17-9-7-15(8-10-17)13-18-11-12-19(22-18)20(24)16-5-3-2-4-6-16/h2-10,18-20,22,24H,11-13H2,1H3,(H,21,23). The molecule has 1 heterocycles. The summed E-state index contributed by atoms with van der Waals surface area (Å²) in [5.74, 6) is -0.0575. The van der Waals surface area contributed by atoms with Crippen molar-refractivity contribution in [3.8, 4) is 0 Å². The second kappa shape index (κ2) is 7.60. The van der Waals surface area contributed by atoms with E-state index in [9.17, 15) is 9.90 Å². The summed E-state index contributed by atoms with van der Waals surface area (Å²) in [6.45, 7) is 1.51. The molecule has 3 atom stereocenters. The Balaban J connectivity index is 1.55. The molecular formula is C20H24N2O2. The van der Waals surface area contributed by atoms with Crippen LogP contribution in [0.25, 0.3) is 0 Å². The van der Waals surface area contributed by atoms with Crippen LogP contribution in [0.2, 0.25) is 0 Å². The van der Waals surface area contributed by atoms with Crippen LogP contribution in [-0.4, -0.2) is 23.1 Å². The number of carbonyl (C=O) groups is 1. The van der Waals surface area contributed by atoms with Crippen LogP contribution in [0.15, 0.2) is 54.6 Å². The number of anilines is 1. The van der Waals surface area contributed by atoms with Crippen molar-refractivity contribution in [2.45, 2.75) is 44.4 Å². The van der Waals surface area contributed by atoms with Gasteiger partial charge < -0.3 is 15.7 Å². The zero-order chi connectivity index (χ0) is 16.9. The van der Waals surface area contributed by atoms with Crippen molar-refractivity contribution in [1.29, 1.82) is 0 Å². The van der Waals surface area contributed by atoms with E-state index in [1.165, 1.54) is 12.5 Å². The van der Waals surface area contributed by atoms with E-state index in [4.69, 9.17) is 0 Å². The predicted octanol–water partition coefficient (Wildman–Crippen LogP) is 3.04. The van der Waals surface area contributed by atoms with Crippen molar-refractivity contribution in [2.24, 2.45) is 0 Å². The molecule has 0 saturated carbocycles. The summed E-state index contributed by atoms with van der Waals surface area (Å²) in [6.07, 6.45) is 2.50. The van der Waals surface area contributed by atoms with Crippen LogP contribution < -0.4 is 10.6 Å². The van der Waals surface area contributed by atoms with Crippen molar-refractivity contribution < 1.29 is 9.90 Å². The minimum absolute atomic E-state index is 0.0575. The van der Waals surface area contributed by atoms with E-state index in [1.54, 1.807) is 0 Å². The normalized spacial score (nSPS) is 21.4. The van der Waals surface area contributed by atoms with E-state index in [2.05, 4.69) is 10.6 Å². The lowest BCUT2D eigenvalue weighted by Crippen LogP contribution is -2.35. The molecule has 1 aliphatic rings. The van der Waals surface area contributed by atoms with Crippen molar-refractivity contribution in [3.05, 3.63) is 65.7 Å². The molecule has 3 unspecified atom stereocenters. The van der Waals surface area contributed by atoms with Gasteiger partial charge in [-0.15, -0.1) is 0 Å². The first-order valence-electron chi connectivity index (χ1n) is 8.47. The number of benzene rings is 2. The van der Waals surface area contributed by atoms with Gasteiger partial charge in [-0.2, -0.15) is 0 Å². The largest absolute Gasteiger partial charge is 0.387 e. The third-order valence-corrected chi connectivity index (χ3v) is 4.55. The van der Waals surface area contributed by atoms with E-state index in [-0.39, 0.29) is 11.9 Å². The number of amides is 1. The lowest BCUT2D eigenvalue weighted by Gasteiger charge is -2.20. The van der Waals surface area contributed by atoms with E-state index in [0.29, 0.717) is 6.04 Å². The molecule has 24 heavy (non-hydrogen) atoms. The molecule has 4 nitrogen and oxygen atoms in total. The molecule has 3 rings (SSSR count). The molecule has 1 fully saturated rings. The predicted molar refractivity (Wildman–Crippen MR) is 95.8 cm³/mol. The molecule has 1 saturated heterocycles. The fraction of sp³-hybridized carbons (Fsp3) is 0.350. The topological polar surface area (TPSA) is 61.4 Å². The van der Waals surface area contributed by atoms with Gasteiger partial charge in [0.2, 0.25) is 5.91 Å². The van der Waals surface area contributed by atoms with Crippen LogP contribution in [-0.2, 0) is 11.2 Å². The van der Waals surface area contributed by atoms with Gasteiger partial charge in [-0.1, -0.05) is 42.5 Å². The van der Waals surface area contributed by atoms with Crippen LogP contribution in [0.1, 0.15) is 37.0 Å². The molecule has 0 bridgehead atoms. The number of rotatable bonds is 5. The van der Waals surface area contributed by atoms with Crippen LogP contribution in [0.3, 0.4) is 0 Å². The Bertz CT molecular complexity index is 670. The summed E-state index contributed by atoms with van der Waals surface area (Å²) in [4.78, 5) is 11.0. The number of nitrogens with one attached hydrogen (secondary N) is 2. The van der Waals surface area contributed by atoms with E-state index in [1.807, 2.05) is 54.6 Å². The van der Waals surface area contributed by atoms with Crippen molar-refractivity contribution >= 4 is 11.6 Å². The zero-order valence-electron chi connectivity index (χ0n) is 13.9. The number of hydrogen-bond acceptors (Lipinski definition) is 3. The van der Waals surface area contributed by atoms with Crippen molar-refractivity contribution in [1.82, 2.24) is 5.32 Å². The van der Waals surface area contributed by atoms with Crippen molar-refractivity contribution in [3.63, 3.8) is 0 Å². The number of hydrogen-bond donors (Lipinski definition) is 3. The van der Waals surface area contributed by atoms with Gasteiger partial charge in [0.15, 0.2) is 0 Å². The van der Waals surface area contributed by atoms with Crippen LogP contribution >= 0.6 is 0 Å². The van der Waals surface area contributed by atoms with Gasteiger partial charge in [-0.3, -0.25) is 4.79 Å². The molecule has 0 spiro atoms. The smallest absolute Gasteiger partial charge is 0.221 e. The molecule has 2 aromatic carbocycles. The van der Waals surface area contributed by atoms with E-state index in [0.717, 1.165) is 30.5 Å². The molecule has 126 valence electrons. The Morgan fingerprint density at radius 1 is 1.17 bits per heavy atom. The van der Waals surface area contributed by atoms with Gasteiger partial charge in [-0.25, -0.2) is 0 Å². The van der Waals surface area contributed by atoms with Gasteiger partial charge in [-0.05, 0) is 42.5 Å². The molecule has 1 amide bonds. The molecule has 1 aliphatic heterocycles. The summed E-state index contributed by atoms with van der Waals surface area (Å²) in [5.41, 5.74) is 3.02. The van der Waals surface area contributed by atoms with Gasteiger partial charge in [0.1, 0.15) is 0 Å². The average molecular weight is 324 g/mol. The highest BCUT2D eigenvalue weighted by atomic mass is 16.3. The summed E-state index contributed by atoms with van der Waals surface area (Å²) < 4.78 is 0.